The highest BCUT2D eigenvalue weighted by Crippen LogP contribution is 2.25. The van der Waals surface area contributed by atoms with Gasteiger partial charge in [-0.05, 0) is 36.5 Å². The molecule has 0 heterocycles. The molecule has 0 nitrogen and oxygen atoms in total. The molecule has 0 amide bonds. The first-order valence-electron chi connectivity index (χ1n) is 6.55. The number of benzene rings is 1. The van der Waals surface area contributed by atoms with Crippen molar-refractivity contribution in [1.29, 1.82) is 0 Å². The summed E-state index contributed by atoms with van der Waals surface area (Å²) in [5, 5.41) is 0.265. The molecule has 0 radical (unpaired) electrons. The lowest BCUT2D eigenvalue weighted by molar-refractivity contribution is 0.428. The average Bonchev–Trinajstić information content (AvgIpc) is 2.30. The lowest BCUT2D eigenvalue weighted by Crippen LogP contribution is -2.17. The summed E-state index contributed by atoms with van der Waals surface area (Å²) >= 11 is 10.1. The molecule has 96 valence electrons. The molecule has 0 saturated carbocycles. The summed E-state index contributed by atoms with van der Waals surface area (Å²) in [6.07, 6.45) is 5.97. The highest BCUT2D eigenvalue weighted by atomic mass is 79.9. The molecule has 0 aromatic heterocycles. The van der Waals surface area contributed by atoms with Gasteiger partial charge in [0, 0.05) is 9.85 Å². The highest BCUT2D eigenvalue weighted by Gasteiger charge is 2.17. The van der Waals surface area contributed by atoms with E-state index in [-0.39, 0.29) is 5.38 Å². The van der Waals surface area contributed by atoms with Crippen LogP contribution in [0, 0.1) is 5.92 Å². The van der Waals surface area contributed by atoms with Crippen molar-refractivity contribution in [3.8, 4) is 0 Å². The summed E-state index contributed by atoms with van der Waals surface area (Å²) in [6, 6.07) is 8.46. The highest BCUT2D eigenvalue weighted by molar-refractivity contribution is 9.10. The van der Waals surface area contributed by atoms with Gasteiger partial charge in [0.2, 0.25) is 0 Å². The Hall–Kier alpha value is -0.0100. The largest absolute Gasteiger partial charge is 0.122 e. The van der Waals surface area contributed by atoms with Crippen LogP contribution in [0.1, 0.15) is 45.1 Å². The SMILES string of the molecule is CCCCC(CC)C(Cl)Cc1cccc(Br)c1. The van der Waals surface area contributed by atoms with E-state index in [1.807, 2.05) is 0 Å². The number of hydrogen-bond acceptors (Lipinski definition) is 0. The summed E-state index contributed by atoms with van der Waals surface area (Å²) in [6.45, 7) is 4.49. The number of unbranched alkanes of at least 4 members (excludes halogenated alkanes) is 1. The van der Waals surface area contributed by atoms with Crippen molar-refractivity contribution in [2.24, 2.45) is 5.92 Å². The quantitative estimate of drug-likeness (QED) is 0.556. The summed E-state index contributed by atoms with van der Waals surface area (Å²) in [5.74, 6) is 0.649. The van der Waals surface area contributed by atoms with E-state index < -0.39 is 0 Å². The van der Waals surface area contributed by atoms with Crippen LogP contribution in [0.15, 0.2) is 28.7 Å². The molecule has 2 atom stereocenters. The zero-order valence-electron chi connectivity index (χ0n) is 10.8. The van der Waals surface area contributed by atoms with Gasteiger partial charge in [0.25, 0.3) is 0 Å². The minimum atomic E-state index is 0.265. The molecular weight excluding hydrogens is 296 g/mol. The third kappa shape index (κ3) is 5.44. The second kappa shape index (κ2) is 8.16. The van der Waals surface area contributed by atoms with E-state index in [9.17, 15) is 0 Å². The van der Waals surface area contributed by atoms with Gasteiger partial charge in [-0.2, -0.15) is 0 Å². The van der Waals surface area contributed by atoms with Crippen molar-refractivity contribution >= 4 is 27.5 Å². The first kappa shape index (κ1) is 15.0. The fourth-order valence-electron chi connectivity index (χ4n) is 2.16. The van der Waals surface area contributed by atoms with Gasteiger partial charge in [0.15, 0.2) is 0 Å². The number of alkyl halides is 1. The van der Waals surface area contributed by atoms with Gasteiger partial charge >= 0.3 is 0 Å². The lowest BCUT2D eigenvalue weighted by Gasteiger charge is -2.20. The molecule has 0 spiro atoms. The Morgan fingerprint density at radius 1 is 1.29 bits per heavy atom. The van der Waals surface area contributed by atoms with Crippen LogP contribution in [0.2, 0.25) is 0 Å². The Labute approximate surface area is 119 Å². The third-order valence-corrected chi connectivity index (χ3v) is 4.29. The van der Waals surface area contributed by atoms with Crippen LogP contribution in [0.3, 0.4) is 0 Å². The molecule has 17 heavy (non-hydrogen) atoms. The second-order valence-corrected chi connectivity index (χ2v) is 6.14. The maximum atomic E-state index is 6.55. The maximum Gasteiger partial charge on any atom is 0.0404 e. The monoisotopic (exact) mass is 316 g/mol. The van der Waals surface area contributed by atoms with E-state index in [4.69, 9.17) is 11.6 Å². The van der Waals surface area contributed by atoms with Gasteiger partial charge in [-0.3, -0.25) is 0 Å². The molecule has 0 saturated heterocycles. The van der Waals surface area contributed by atoms with Crippen LogP contribution in [0.25, 0.3) is 0 Å². The van der Waals surface area contributed by atoms with Gasteiger partial charge in [-0.15, -0.1) is 11.6 Å². The Balaban J connectivity index is 2.54. The summed E-state index contributed by atoms with van der Waals surface area (Å²) in [5.41, 5.74) is 1.33. The molecule has 0 aliphatic heterocycles. The van der Waals surface area contributed by atoms with Gasteiger partial charge < -0.3 is 0 Å². The van der Waals surface area contributed by atoms with Crippen molar-refractivity contribution in [3.05, 3.63) is 34.3 Å². The molecular formula is C15H22BrCl. The summed E-state index contributed by atoms with van der Waals surface area (Å²) < 4.78 is 1.14. The van der Waals surface area contributed by atoms with E-state index in [0.29, 0.717) is 5.92 Å². The van der Waals surface area contributed by atoms with Crippen LogP contribution < -0.4 is 0 Å². The third-order valence-electron chi connectivity index (χ3n) is 3.28. The smallest absolute Gasteiger partial charge is 0.0404 e. The molecule has 0 bridgehead atoms. The van der Waals surface area contributed by atoms with Crippen molar-refractivity contribution in [2.45, 2.75) is 51.3 Å². The second-order valence-electron chi connectivity index (χ2n) is 4.66. The fourth-order valence-corrected chi connectivity index (χ4v) is 3.09. The predicted molar refractivity (Wildman–Crippen MR) is 80.8 cm³/mol. The van der Waals surface area contributed by atoms with E-state index in [1.54, 1.807) is 0 Å². The molecule has 1 aromatic carbocycles. The van der Waals surface area contributed by atoms with E-state index >= 15 is 0 Å². The van der Waals surface area contributed by atoms with Crippen LogP contribution in [0.5, 0.6) is 0 Å². The van der Waals surface area contributed by atoms with Gasteiger partial charge in [-0.25, -0.2) is 0 Å². The molecule has 0 aliphatic carbocycles. The van der Waals surface area contributed by atoms with Crippen LogP contribution >= 0.6 is 27.5 Å². The minimum Gasteiger partial charge on any atom is -0.122 e. The molecule has 2 unspecified atom stereocenters. The molecule has 0 fully saturated rings. The van der Waals surface area contributed by atoms with Gasteiger partial charge in [0.05, 0.1) is 0 Å². The summed E-state index contributed by atoms with van der Waals surface area (Å²) in [4.78, 5) is 0. The zero-order valence-corrected chi connectivity index (χ0v) is 13.1. The number of hydrogen-bond donors (Lipinski definition) is 0. The van der Waals surface area contributed by atoms with Crippen molar-refractivity contribution in [2.75, 3.05) is 0 Å². The standard InChI is InChI=1S/C15H22BrCl/c1-3-5-8-13(4-2)15(17)11-12-7-6-9-14(16)10-12/h6-7,9-10,13,15H,3-5,8,11H2,1-2H3. The molecule has 0 N–H and O–H groups in total. The predicted octanol–water partition coefficient (Wildman–Crippen LogP) is 5.82. The molecule has 1 aromatic rings. The van der Waals surface area contributed by atoms with Crippen molar-refractivity contribution in [3.63, 3.8) is 0 Å². The lowest BCUT2D eigenvalue weighted by atomic mass is 9.92. The van der Waals surface area contributed by atoms with Crippen molar-refractivity contribution in [1.82, 2.24) is 0 Å². The van der Waals surface area contributed by atoms with Crippen LogP contribution in [0.4, 0.5) is 0 Å². The van der Waals surface area contributed by atoms with Crippen LogP contribution in [-0.4, -0.2) is 5.38 Å². The fraction of sp³-hybridized carbons (Fsp3) is 0.600. The molecule has 0 aliphatic rings. The van der Waals surface area contributed by atoms with Gasteiger partial charge in [0.1, 0.15) is 0 Å². The zero-order chi connectivity index (χ0) is 12.7. The Bertz CT molecular complexity index is 324. The first-order valence-corrected chi connectivity index (χ1v) is 7.78. The molecule has 1 rings (SSSR count). The minimum absolute atomic E-state index is 0.265. The Morgan fingerprint density at radius 2 is 2.06 bits per heavy atom. The topological polar surface area (TPSA) is 0 Å². The van der Waals surface area contributed by atoms with E-state index in [1.165, 1.54) is 31.2 Å². The summed E-state index contributed by atoms with van der Waals surface area (Å²) in [7, 11) is 0. The van der Waals surface area contributed by atoms with Crippen LogP contribution in [-0.2, 0) is 6.42 Å². The van der Waals surface area contributed by atoms with Gasteiger partial charge in [-0.1, -0.05) is 61.2 Å². The number of halogens is 2. The van der Waals surface area contributed by atoms with E-state index in [0.717, 1.165) is 10.9 Å². The maximum absolute atomic E-state index is 6.55. The van der Waals surface area contributed by atoms with Crippen molar-refractivity contribution < 1.29 is 0 Å². The average molecular weight is 318 g/mol. The Morgan fingerprint density at radius 3 is 2.65 bits per heavy atom. The number of rotatable bonds is 7. The molecule has 2 heteroatoms. The first-order chi connectivity index (χ1) is 8.17. The Kier molecular flexibility index (Phi) is 7.22. The van der Waals surface area contributed by atoms with E-state index in [2.05, 4.69) is 54.0 Å². The normalized spacial score (nSPS) is 14.6.